The third-order valence-corrected chi connectivity index (χ3v) is 3.61. The molecule has 84 valence electrons. The van der Waals surface area contributed by atoms with E-state index in [0.29, 0.717) is 6.54 Å². The van der Waals surface area contributed by atoms with Gasteiger partial charge in [-0.2, -0.15) is 0 Å². The van der Waals surface area contributed by atoms with E-state index in [-0.39, 0.29) is 23.3 Å². The van der Waals surface area contributed by atoms with Crippen LogP contribution in [0.1, 0.15) is 39.0 Å². The standard InChI is InChI=1S/C11H18N2O2/c1-11(5-3-2-4-6-11)10(15)13-8-7-12-9(8)14/h8H,2-7H2,1H3,(H,12,14)(H,13,15). The molecule has 2 aliphatic rings. The van der Waals surface area contributed by atoms with Gasteiger partial charge in [0.15, 0.2) is 0 Å². The Morgan fingerprint density at radius 3 is 2.53 bits per heavy atom. The smallest absolute Gasteiger partial charge is 0.244 e. The zero-order valence-electron chi connectivity index (χ0n) is 9.14. The highest BCUT2D eigenvalue weighted by atomic mass is 16.2. The summed E-state index contributed by atoms with van der Waals surface area (Å²) in [5, 5.41) is 5.45. The Morgan fingerprint density at radius 2 is 2.07 bits per heavy atom. The molecule has 2 fully saturated rings. The topological polar surface area (TPSA) is 58.2 Å². The van der Waals surface area contributed by atoms with Crippen molar-refractivity contribution in [3.8, 4) is 0 Å². The molecule has 0 spiro atoms. The van der Waals surface area contributed by atoms with Crippen LogP contribution in [0.15, 0.2) is 0 Å². The Kier molecular flexibility index (Phi) is 2.67. The van der Waals surface area contributed by atoms with Crippen LogP contribution >= 0.6 is 0 Å². The van der Waals surface area contributed by atoms with Crippen molar-refractivity contribution in [2.45, 2.75) is 45.1 Å². The van der Waals surface area contributed by atoms with E-state index in [1.54, 1.807) is 0 Å². The SMILES string of the molecule is CC1(C(=O)NC2CNC2=O)CCCCC1. The molecule has 0 radical (unpaired) electrons. The van der Waals surface area contributed by atoms with Crippen LogP contribution in [0.2, 0.25) is 0 Å². The molecule has 15 heavy (non-hydrogen) atoms. The molecule has 1 heterocycles. The van der Waals surface area contributed by atoms with Crippen molar-refractivity contribution in [3.63, 3.8) is 0 Å². The molecule has 2 amide bonds. The molecule has 4 nitrogen and oxygen atoms in total. The average molecular weight is 210 g/mol. The van der Waals surface area contributed by atoms with Gasteiger partial charge in [-0.25, -0.2) is 0 Å². The Bertz CT molecular complexity index is 282. The minimum atomic E-state index is -0.281. The first-order valence-electron chi connectivity index (χ1n) is 5.70. The number of hydrogen-bond acceptors (Lipinski definition) is 2. The molecular weight excluding hydrogens is 192 g/mol. The van der Waals surface area contributed by atoms with Crippen molar-refractivity contribution in [1.82, 2.24) is 10.6 Å². The van der Waals surface area contributed by atoms with Gasteiger partial charge in [0.2, 0.25) is 11.8 Å². The fraction of sp³-hybridized carbons (Fsp3) is 0.818. The van der Waals surface area contributed by atoms with Crippen LogP contribution in [0.3, 0.4) is 0 Å². The molecule has 1 unspecified atom stereocenters. The van der Waals surface area contributed by atoms with E-state index in [2.05, 4.69) is 10.6 Å². The lowest BCUT2D eigenvalue weighted by atomic mass is 9.75. The van der Waals surface area contributed by atoms with Gasteiger partial charge in [0, 0.05) is 12.0 Å². The number of rotatable bonds is 2. The van der Waals surface area contributed by atoms with E-state index in [1.807, 2.05) is 6.92 Å². The first-order valence-corrected chi connectivity index (χ1v) is 5.70. The number of carbonyl (C=O) groups excluding carboxylic acids is 2. The molecule has 2 rings (SSSR count). The van der Waals surface area contributed by atoms with Gasteiger partial charge in [0.05, 0.1) is 0 Å². The fourth-order valence-corrected chi connectivity index (χ4v) is 2.30. The maximum Gasteiger partial charge on any atom is 0.244 e. The van der Waals surface area contributed by atoms with Crippen LogP contribution < -0.4 is 10.6 Å². The number of β-lactam (4-membered cyclic amide) rings is 1. The molecule has 1 aliphatic carbocycles. The molecule has 1 atom stereocenters. The van der Waals surface area contributed by atoms with Gasteiger partial charge >= 0.3 is 0 Å². The Morgan fingerprint density at radius 1 is 1.40 bits per heavy atom. The normalized spacial score (nSPS) is 28.9. The quantitative estimate of drug-likeness (QED) is 0.655. The van der Waals surface area contributed by atoms with Gasteiger partial charge in [-0.05, 0) is 12.8 Å². The Balaban J connectivity index is 1.91. The Hall–Kier alpha value is -1.06. The number of amides is 2. The third kappa shape index (κ3) is 1.98. The second kappa shape index (κ2) is 3.83. The number of hydrogen-bond donors (Lipinski definition) is 2. The number of carbonyl (C=O) groups is 2. The molecular formula is C11H18N2O2. The van der Waals surface area contributed by atoms with Crippen LogP contribution in [0.4, 0.5) is 0 Å². The van der Waals surface area contributed by atoms with Crippen LogP contribution in [0.5, 0.6) is 0 Å². The van der Waals surface area contributed by atoms with Crippen LogP contribution in [-0.2, 0) is 9.59 Å². The monoisotopic (exact) mass is 210 g/mol. The average Bonchev–Trinajstić information content (AvgIpc) is 2.24. The molecule has 1 saturated heterocycles. The lowest BCUT2D eigenvalue weighted by molar-refractivity contribution is -0.138. The minimum Gasteiger partial charge on any atom is -0.352 e. The predicted octanol–water partition coefficient (Wildman–Crippen LogP) is 0.571. The van der Waals surface area contributed by atoms with Gasteiger partial charge in [0.25, 0.3) is 0 Å². The summed E-state index contributed by atoms with van der Waals surface area (Å²) >= 11 is 0. The summed E-state index contributed by atoms with van der Waals surface area (Å²) in [5.41, 5.74) is -0.242. The summed E-state index contributed by atoms with van der Waals surface area (Å²) in [6, 6.07) is -0.281. The van der Waals surface area contributed by atoms with E-state index in [4.69, 9.17) is 0 Å². The van der Waals surface area contributed by atoms with Gasteiger partial charge < -0.3 is 10.6 Å². The second-order valence-corrected chi connectivity index (χ2v) is 4.89. The highest BCUT2D eigenvalue weighted by Gasteiger charge is 2.38. The van der Waals surface area contributed by atoms with Gasteiger partial charge in [-0.15, -0.1) is 0 Å². The summed E-state index contributed by atoms with van der Waals surface area (Å²) in [4.78, 5) is 23.0. The fourth-order valence-electron chi connectivity index (χ4n) is 2.30. The summed E-state index contributed by atoms with van der Waals surface area (Å²) in [7, 11) is 0. The lowest BCUT2D eigenvalue weighted by Crippen LogP contribution is -2.63. The van der Waals surface area contributed by atoms with Crippen LogP contribution in [0, 0.1) is 5.41 Å². The molecule has 1 saturated carbocycles. The largest absolute Gasteiger partial charge is 0.352 e. The lowest BCUT2D eigenvalue weighted by Gasteiger charge is -2.35. The van der Waals surface area contributed by atoms with Crippen molar-refractivity contribution in [2.75, 3.05) is 6.54 Å². The van der Waals surface area contributed by atoms with Gasteiger partial charge in [0.1, 0.15) is 6.04 Å². The zero-order valence-corrected chi connectivity index (χ0v) is 9.14. The molecule has 0 aromatic heterocycles. The van der Waals surface area contributed by atoms with E-state index in [0.717, 1.165) is 25.7 Å². The van der Waals surface area contributed by atoms with Crippen molar-refractivity contribution < 1.29 is 9.59 Å². The van der Waals surface area contributed by atoms with Gasteiger partial charge in [-0.1, -0.05) is 26.2 Å². The summed E-state index contributed by atoms with van der Waals surface area (Å²) < 4.78 is 0. The molecule has 0 aromatic rings. The summed E-state index contributed by atoms with van der Waals surface area (Å²) in [5.74, 6) is 0.00445. The molecule has 0 aromatic carbocycles. The molecule has 1 aliphatic heterocycles. The third-order valence-electron chi connectivity index (χ3n) is 3.61. The minimum absolute atomic E-state index is 0.0530. The summed E-state index contributed by atoms with van der Waals surface area (Å²) in [6.45, 7) is 2.60. The Labute approximate surface area is 89.8 Å². The first-order chi connectivity index (χ1) is 7.12. The van der Waals surface area contributed by atoms with Crippen molar-refractivity contribution in [3.05, 3.63) is 0 Å². The van der Waals surface area contributed by atoms with Crippen molar-refractivity contribution in [1.29, 1.82) is 0 Å². The highest BCUT2D eigenvalue weighted by Crippen LogP contribution is 2.35. The first kappa shape index (κ1) is 10.5. The van der Waals surface area contributed by atoms with E-state index in [9.17, 15) is 9.59 Å². The van der Waals surface area contributed by atoms with Crippen molar-refractivity contribution in [2.24, 2.45) is 5.41 Å². The number of nitrogens with one attached hydrogen (secondary N) is 2. The van der Waals surface area contributed by atoms with Crippen LogP contribution in [0.25, 0.3) is 0 Å². The second-order valence-electron chi connectivity index (χ2n) is 4.89. The highest BCUT2D eigenvalue weighted by molar-refractivity contribution is 5.93. The predicted molar refractivity (Wildman–Crippen MR) is 56.1 cm³/mol. The summed E-state index contributed by atoms with van der Waals surface area (Å²) in [6.07, 6.45) is 5.38. The van der Waals surface area contributed by atoms with Crippen LogP contribution in [-0.4, -0.2) is 24.4 Å². The van der Waals surface area contributed by atoms with E-state index in [1.165, 1.54) is 6.42 Å². The molecule has 0 bridgehead atoms. The van der Waals surface area contributed by atoms with Crippen molar-refractivity contribution >= 4 is 11.8 Å². The molecule has 4 heteroatoms. The maximum absolute atomic E-state index is 12.0. The molecule has 2 N–H and O–H groups in total. The zero-order chi connectivity index (χ0) is 10.9. The van der Waals surface area contributed by atoms with E-state index >= 15 is 0 Å². The van der Waals surface area contributed by atoms with E-state index < -0.39 is 0 Å². The van der Waals surface area contributed by atoms with Gasteiger partial charge in [-0.3, -0.25) is 9.59 Å². The maximum atomic E-state index is 12.0.